The van der Waals surface area contributed by atoms with Gasteiger partial charge in [-0.05, 0) is 43.0 Å². The number of aromatic nitrogens is 2. The van der Waals surface area contributed by atoms with Gasteiger partial charge in [0.15, 0.2) is 5.82 Å². The van der Waals surface area contributed by atoms with Crippen molar-refractivity contribution in [1.29, 1.82) is 0 Å². The van der Waals surface area contributed by atoms with E-state index < -0.39 is 10.0 Å². The van der Waals surface area contributed by atoms with E-state index in [0.717, 1.165) is 5.56 Å². The largest absolute Gasteiger partial charge is 0.398 e. The molecule has 0 aliphatic heterocycles. The Kier molecular flexibility index (Phi) is 4.17. The number of hydrogen-bond donors (Lipinski definition) is 2. The van der Waals surface area contributed by atoms with Crippen LogP contribution in [0.15, 0.2) is 21.6 Å². The summed E-state index contributed by atoms with van der Waals surface area (Å²) in [4.78, 5) is 3.99. The minimum absolute atomic E-state index is 0.151. The predicted octanol–water partition coefficient (Wildman–Crippen LogP) is 1.89. The molecule has 0 saturated carbocycles. The summed E-state index contributed by atoms with van der Waals surface area (Å²) in [6.45, 7) is 5.40. The number of nitrogens with one attached hydrogen (secondary N) is 1. The van der Waals surface area contributed by atoms with Crippen LogP contribution in [0.1, 0.15) is 30.8 Å². The number of rotatable bonds is 5. The summed E-state index contributed by atoms with van der Waals surface area (Å²) < 4.78 is 32.1. The van der Waals surface area contributed by atoms with E-state index in [2.05, 4.69) is 14.9 Å². The number of anilines is 2. The lowest BCUT2D eigenvalue weighted by atomic mass is 10.1. The summed E-state index contributed by atoms with van der Waals surface area (Å²) in [5, 5.41) is 3.55. The van der Waals surface area contributed by atoms with E-state index in [9.17, 15) is 8.42 Å². The summed E-state index contributed by atoms with van der Waals surface area (Å²) in [6.07, 6.45) is 1.20. The summed E-state index contributed by atoms with van der Waals surface area (Å²) in [6, 6.07) is 3.27. The highest BCUT2D eigenvalue weighted by atomic mass is 32.2. The number of hydrogen-bond acceptors (Lipinski definition) is 6. The van der Waals surface area contributed by atoms with Gasteiger partial charge in [0.05, 0.1) is 4.90 Å². The molecular formula is C13H18N4O3S. The van der Waals surface area contributed by atoms with Gasteiger partial charge in [0.2, 0.25) is 0 Å². The smallest absolute Gasteiger partial charge is 0.335 e. The Bertz CT molecular complexity index is 753. The fourth-order valence-corrected chi connectivity index (χ4v) is 3.37. The van der Waals surface area contributed by atoms with Gasteiger partial charge in [-0.3, -0.25) is 0 Å². The van der Waals surface area contributed by atoms with Crippen LogP contribution in [0, 0.1) is 6.92 Å². The van der Waals surface area contributed by atoms with Crippen molar-refractivity contribution in [3.05, 3.63) is 29.1 Å². The Balaban J connectivity index is 2.50. The van der Waals surface area contributed by atoms with E-state index in [4.69, 9.17) is 10.3 Å². The fourth-order valence-electron chi connectivity index (χ4n) is 2.06. The van der Waals surface area contributed by atoms with Crippen molar-refractivity contribution in [1.82, 2.24) is 10.1 Å². The molecule has 0 bridgehead atoms. The molecular weight excluding hydrogens is 292 g/mol. The van der Waals surface area contributed by atoms with E-state index in [0.29, 0.717) is 29.9 Å². The lowest BCUT2D eigenvalue weighted by molar-refractivity contribution is 0.429. The van der Waals surface area contributed by atoms with Gasteiger partial charge in [-0.25, -0.2) is 13.1 Å². The maximum Gasteiger partial charge on any atom is 0.335 e. The average molecular weight is 310 g/mol. The van der Waals surface area contributed by atoms with Gasteiger partial charge in [0.25, 0.3) is 10.0 Å². The third-order valence-corrected chi connectivity index (χ3v) is 4.49. The highest BCUT2D eigenvalue weighted by molar-refractivity contribution is 7.92. The van der Waals surface area contributed by atoms with Crippen molar-refractivity contribution in [2.75, 3.05) is 10.5 Å². The lowest BCUT2D eigenvalue weighted by Gasteiger charge is -2.13. The van der Waals surface area contributed by atoms with E-state index in [1.54, 1.807) is 19.1 Å². The molecule has 0 amide bonds. The molecule has 114 valence electrons. The third-order valence-electron chi connectivity index (χ3n) is 3.10. The quantitative estimate of drug-likeness (QED) is 0.816. The van der Waals surface area contributed by atoms with Gasteiger partial charge in [0, 0.05) is 5.69 Å². The highest BCUT2D eigenvalue weighted by Gasteiger charge is 2.22. The first kappa shape index (κ1) is 15.3. The van der Waals surface area contributed by atoms with Crippen LogP contribution in [-0.2, 0) is 22.9 Å². The summed E-state index contributed by atoms with van der Waals surface area (Å²) in [7, 11) is -3.82. The molecule has 7 nitrogen and oxygen atoms in total. The topological polar surface area (TPSA) is 111 Å². The molecule has 0 saturated heterocycles. The second kappa shape index (κ2) is 5.72. The van der Waals surface area contributed by atoms with Crippen molar-refractivity contribution in [2.24, 2.45) is 0 Å². The predicted molar refractivity (Wildman–Crippen MR) is 79.5 cm³/mol. The Labute approximate surface area is 123 Å². The molecule has 0 radical (unpaired) electrons. The van der Waals surface area contributed by atoms with Gasteiger partial charge in [-0.15, -0.1) is 0 Å². The molecule has 1 aromatic carbocycles. The molecule has 0 aliphatic rings. The van der Waals surface area contributed by atoms with Crippen molar-refractivity contribution in [2.45, 2.75) is 38.5 Å². The van der Waals surface area contributed by atoms with Gasteiger partial charge >= 0.3 is 6.01 Å². The second-order valence-electron chi connectivity index (χ2n) is 4.62. The number of nitrogen functional groups attached to an aromatic ring is 1. The minimum Gasteiger partial charge on any atom is -0.398 e. The molecule has 2 rings (SSSR count). The second-order valence-corrected chi connectivity index (χ2v) is 6.27. The number of benzene rings is 1. The molecule has 3 N–H and O–H groups in total. The number of sulfonamides is 1. The number of nitrogens with two attached hydrogens (primary N) is 1. The minimum atomic E-state index is -3.82. The molecule has 0 unspecified atom stereocenters. The maximum absolute atomic E-state index is 12.5. The SMILES string of the molecule is CCc1cc(N)c(CC)c(S(=O)(=O)Nc2nc(C)no2)c1. The van der Waals surface area contributed by atoms with Crippen molar-refractivity contribution in [3.63, 3.8) is 0 Å². The van der Waals surface area contributed by atoms with Gasteiger partial charge in [0.1, 0.15) is 0 Å². The molecule has 8 heteroatoms. The Morgan fingerprint density at radius 1 is 1.29 bits per heavy atom. The molecule has 0 atom stereocenters. The number of nitrogens with zero attached hydrogens (tertiary/aromatic N) is 2. The first-order chi connectivity index (χ1) is 9.87. The normalized spacial score (nSPS) is 11.6. The molecule has 21 heavy (non-hydrogen) atoms. The molecule has 0 fully saturated rings. The van der Waals surface area contributed by atoms with Crippen LogP contribution >= 0.6 is 0 Å². The Morgan fingerprint density at radius 2 is 2.00 bits per heavy atom. The molecule has 1 heterocycles. The Morgan fingerprint density at radius 3 is 2.52 bits per heavy atom. The molecule has 0 spiro atoms. The van der Waals surface area contributed by atoms with Crippen LogP contribution in [0.25, 0.3) is 0 Å². The van der Waals surface area contributed by atoms with Crippen molar-refractivity contribution >= 4 is 21.7 Å². The van der Waals surface area contributed by atoms with E-state index in [1.165, 1.54) is 0 Å². The van der Waals surface area contributed by atoms with E-state index in [1.807, 2.05) is 13.8 Å². The van der Waals surface area contributed by atoms with Crippen LogP contribution in [-0.4, -0.2) is 18.6 Å². The zero-order valence-corrected chi connectivity index (χ0v) is 13.0. The first-order valence-corrected chi connectivity index (χ1v) is 8.10. The Hall–Kier alpha value is -2.09. The summed E-state index contributed by atoms with van der Waals surface area (Å²) in [5.74, 6) is 0.352. The summed E-state index contributed by atoms with van der Waals surface area (Å²) in [5.41, 5.74) is 7.86. The van der Waals surface area contributed by atoms with Crippen LogP contribution in [0.2, 0.25) is 0 Å². The van der Waals surface area contributed by atoms with E-state index >= 15 is 0 Å². The molecule has 1 aromatic heterocycles. The van der Waals surface area contributed by atoms with Crippen LogP contribution < -0.4 is 10.5 Å². The average Bonchev–Trinajstić information content (AvgIpc) is 2.82. The van der Waals surface area contributed by atoms with Crippen LogP contribution in [0.3, 0.4) is 0 Å². The standard InChI is InChI=1S/C13H18N4O3S/c1-4-9-6-11(14)10(5-2)12(7-9)21(18,19)17-13-15-8(3)16-20-13/h6-7H,4-5,14H2,1-3H3,(H,15,16,17). The summed E-state index contributed by atoms with van der Waals surface area (Å²) >= 11 is 0. The van der Waals surface area contributed by atoms with E-state index in [-0.39, 0.29) is 10.9 Å². The molecule has 2 aromatic rings. The van der Waals surface area contributed by atoms with Crippen LogP contribution in [0.5, 0.6) is 0 Å². The molecule has 0 aliphatic carbocycles. The van der Waals surface area contributed by atoms with Crippen molar-refractivity contribution < 1.29 is 12.9 Å². The van der Waals surface area contributed by atoms with Crippen molar-refractivity contribution in [3.8, 4) is 0 Å². The highest BCUT2D eigenvalue weighted by Crippen LogP contribution is 2.26. The zero-order chi connectivity index (χ0) is 15.6. The van der Waals surface area contributed by atoms with Gasteiger partial charge in [-0.2, -0.15) is 4.98 Å². The monoisotopic (exact) mass is 310 g/mol. The maximum atomic E-state index is 12.5. The number of aryl methyl sites for hydroxylation is 2. The van der Waals surface area contributed by atoms with Gasteiger partial charge < -0.3 is 10.3 Å². The lowest BCUT2D eigenvalue weighted by Crippen LogP contribution is -2.16. The fraction of sp³-hybridized carbons (Fsp3) is 0.385. The van der Waals surface area contributed by atoms with Gasteiger partial charge in [-0.1, -0.05) is 19.0 Å². The van der Waals surface area contributed by atoms with Crippen LogP contribution in [0.4, 0.5) is 11.7 Å². The first-order valence-electron chi connectivity index (χ1n) is 6.61. The zero-order valence-electron chi connectivity index (χ0n) is 12.2. The third kappa shape index (κ3) is 3.15.